The molecule has 32 heavy (non-hydrogen) atoms. The van der Waals surface area contributed by atoms with Crippen LogP contribution in [0.2, 0.25) is 0 Å². The van der Waals surface area contributed by atoms with Gasteiger partial charge in [-0.15, -0.1) is 0 Å². The van der Waals surface area contributed by atoms with E-state index in [-0.39, 0.29) is 0 Å². The van der Waals surface area contributed by atoms with Crippen molar-refractivity contribution in [1.29, 1.82) is 0 Å². The zero-order valence-electron chi connectivity index (χ0n) is 18.3. The van der Waals surface area contributed by atoms with E-state index in [1.807, 2.05) is 0 Å². The first kappa shape index (κ1) is 18.8. The number of hydrogen-bond donors (Lipinski definition) is 0. The molecular formula is C30H24NO+. The van der Waals surface area contributed by atoms with Crippen LogP contribution in [0.3, 0.4) is 0 Å². The van der Waals surface area contributed by atoms with Crippen LogP contribution in [0.1, 0.15) is 16.7 Å². The monoisotopic (exact) mass is 414 g/mol. The SMILES string of the molecule is Cc1ccc2c(oc3cc4ccccc4cc32)c1-c1cc(Cc2ccccc2)cc[n+]1C. The molecule has 154 valence electrons. The highest BCUT2D eigenvalue weighted by Gasteiger charge is 2.21. The van der Waals surface area contributed by atoms with Gasteiger partial charge in [0.2, 0.25) is 5.69 Å². The van der Waals surface area contributed by atoms with Crippen molar-refractivity contribution in [3.63, 3.8) is 0 Å². The molecule has 2 heteroatoms. The van der Waals surface area contributed by atoms with Gasteiger partial charge in [-0.05, 0) is 52.9 Å². The van der Waals surface area contributed by atoms with Crippen molar-refractivity contribution in [2.75, 3.05) is 0 Å². The van der Waals surface area contributed by atoms with Crippen LogP contribution in [0, 0.1) is 6.92 Å². The summed E-state index contributed by atoms with van der Waals surface area (Å²) in [5.41, 5.74) is 8.07. The fourth-order valence-corrected chi connectivity index (χ4v) is 4.75. The molecular weight excluding hydrogens is 390 g/mol. The van der Waals surface area contributed by atoms with Gasteiger partial charge in [-0.3, -0.25) is 0 Å². The number of aryl methyl sites for hydroxylation is 2. The Morgan fingerprint density at radius 2 is 1.47 bits per heavy atom. The number of pyridine rings is 1. The summed E-state index contributed by atoms with van der Waals surface area (Å²) in [4.78, 5) is 0. The lowest BCUT2D eigenvalue weighted by atomic mass is 9.97. The number of nitrogens with zero attached hydrogens (tertiary/aromatic N) is 1. The Labute approximate surface area is 187 Å². The van der Waals surface area contributed by atoms with Gasteiger partial charge < -0.3 is 4.42 Å². The topological polar surface area (TPSA) is 17.0 Å². The number of furan rings is 1. The number of benzene rings is 4. The van der Waals surface area contributed by atoms with Crippen molar-refractivity contribution in [2.45, 2.75) is 13.3 Å². The number of rotatable bonds is 3. The van der Waals surface area contributed by atoms with Crippen LogP contribution in [-0.2, 0) is 13.5 Å². The minimum Gasteiger partial charge on any atom is -0.455 e. The Morgan fingerprint density at radius 1 is 0.719 bits per heavy atom. The Hall–Kier alpha value is -3.91. The van der Waals surface area contributed by atoms with Crippen molar-refractivity contribution in [2.24, 2.45) is 7.05 Å². The van der Waals surface area contributed by atoms with Gasteiger partial charge in [-0.25, -0.2) is 4.57 Å². The Balaban J connectivity index is 1.58. The second kappa shape index (κ2) is 7.35. The van der Waals surface area contributed by atoms with Crippen molar-refractivity contribution in [3.8, 4) is 11.3 Å². The summed E-state index contributed by atoms with van der Waals surface area (Å²) in [6.07, 6.45) is 3.07. The first-order valence-electron chi connectivity index (χ1n) is 11.0. The van der Waals surface area contributed by atoms with E-state index in [2.05, 4.69) is 116 Å². The van der Waals surface area contributed by atoms with Gasteiger partial charge in [-0.1, -0.05) is 66.7 Å². The van der Waals surface area contributed by atoms with Gasteiger partial charge in [0.05, 0.1) is 5.56 Å². The fourth-order valence-electron chi connectivity index (χ4n) is 4.75. The third kappa shape index (κ3) is 3.07. The van der Waals surface area contributed by atoms with Crippen molar-refractivity contribution >= 4 is 32.7 Å². The molecule has 6 rings (SSSR count). The predicted octanol–water partition coefficient (Wildman–Crippen LogP) is 7.13. The van der Waals surface area contributed by atoms with Crippen molar-refractivity contribution < 1.29 is 8.98 Å². The lowest BCUT2D eigenvalue weighted by Crippen LogP contribution is -2.30. The van der Waals surface area contributed by atoms with E-state index in [1.54, 1.807) is 0 Å². The first-order valence-corrected chi connectivity index (χ1v) is 11.0. The Kier molecular flexibility index (Phi) is 4.32. The standard InChI is InChI=1S/C30H24NO/c1-20-12-13-25-26-18-23-10-6-7-11-24(23)19-28(26)32-30(25)29(20)27-17-22(14-15-31(27)2)16-21-8-4-3-5-9-21/h3-15,17-19H,16H2,1-2H3/q+1. The van der Waals surface area contributed by atoms with Gasteiger partial charge >= 0.3 is 0 Å². The van der Waals surface area contributed by atoms with Gasteiger partial charge in [0, 0.05) is 22.9 Å². The van der Waals surface area contributed by atoms with Crippen LogP contribution in [0.25, 0.3) is 44.0 Å². The molecule has 0 atom stereocenters. The maximum Gasteiger partial charge on any atom is 0.216 e. The highest BCUT2D eigenvalue weighted by atomic mass is 16.3. The molecule has 2 heterocycles. The minimum absolute atomic E-state index is 0.912. The molecule has 0 fully saturated rings. The van der Waals surface area contributed by atoms with E-state index in [0.717, 1.165) is 17.6 Å². The van der Waals surface area contributed by atoms with E-state index in [4.69, 9.17) is 4.42 Å². The molecule has 2 aromatic heterocycles. The normalized spacial score (nSPS) is 11.6. The summed E-state index contributed by atoms with van der Waals surface area (Å²) in [5, 5.41) is 4.77. The summed E-state index contributed by atoms with van der Waals surface area (Å²) >= 11 is 0. The van der Waals surface area contributed by atoms with Gasteiger partial charge in [0.15, 0.2) is 6.20 Å². The summed E-state index contributed by atoms with van der Waals surface area (Å²) in [7, 11) is 2.11. The van der Waals surface area contributed by atoms with Gasteiger partial charge in [0.1, 0.15) is 18.2 Å². The lowest BCUT2D eigenvalue weighted by molar-refractivity contribution is -0.660. The van der Waals surface area contributed by atoms with Crippen molar-refractivity contribution in [1.82, 2.24) is 0 Å². The average molecular weight is 415 g/mol. The highest BCUT2D eigenvalue weighted by molar-refractivity contribution is 6.13. The molecule has 2 nitrogen and oxygen atoms in total. The molecule has 0 unspecified atom stereocenters. The molecule has 0 saturated carbocycles. The smallest absolute Gasteiger partial charge is 0.216 e. The first-order chi connectivity index (χ1) is 15.7. The molecule has 0 saturated heterocycles. The van der Waals surface area contributed by atoms with E-state index in [9.17, 15) is 0 Å². The van der Waals surface area contributed by atoms with Crippen LogP contribution in [-0.4, -0.2) is 0 Å². The van der Waals surface area contributed by atoms with Crippen LogP contribution in [0.15, 0.2) is 102 Å². The number of fused-ring (bicyclic) bond motifs is 4. The van der Waals surface area contributed by atoms with Crippen molar-refractivity contribution in [3.05, 3.63) is 114 Å². The zero-order chi connectivity index (χ0) is 21.7. The van der Waals surface area contributed by atoms with Crippen LogP contribution >= 0.6 is 0 Å². The average Bonchev–Trinajstić information content (AvgIpc) is 3.17. The molecule has 4 aromatic carbocycles. The zero-order valence-corrected chi connectivity index (χ0v) is 18.3. The third-order valence-electron chi connectivity index (χ3n) is 6.44. The fraction of sp³-hybridized carbons (Fsp3) is 0.100. The number of aromatic nitrogens is 1. The molecule has 0 amide bonds. The Bertz CT molecular complexity index is 1610. The largest absolute Gasteiger partial charge is 0.455 e. The second-order valence-corrected chi connectivity index (χ2v) is 8.63. The molecule has 0 bridgehead atoms. The maximum absolute atomic E-state index is 6.53. The predicted molar refractivity (Wildman–Crippen MR) is 132 cm³/mol. The molecule has 0 radical (unpaired) electrons. The van der Waals surface area contributed by atoms with Gasteiger partial charge in [-0.2, -0.15) is 0 Å². The van der Waals surface area contributed by atoms with Crippen LogP contribution in [0.4, 0.5) is 0 Å². The second-order valence-electron chi connectivity index (χ2n) is 8.63. The van der Waals surface area contributed by atoms with E-state index in [1.165, 1.54) is 49.5 Å². The van der Waals surface area contributed by atoms with E-state index >= 15 is 0 Å². The van der Waals surface area contributed by atoms with E-state index < -0.39 is 0 Å². The Morgan fingerprint density at radius 3 is 2.28 bits per heavy atom. The lowest BCUT2D eigenvalue weighted by Gasteiger charge is -2.08. The summed E-state index contributed by atoms with van der Waals surface area (Å²) in [6, 6.07) is 32.4. The molecule has 0 aliphatic rings. The van der Waals surface area contributed by atoms with Crippen LogP contribution in [0.5, 0.6) is 0 Å². The summed E-state index contributed by atoms with van der Waals surface area (Å²) < 4.78 is 8.72. The highest BCUT2D eigenvalue weighted by Crippen LogP contribution is 2.38. The molecule has 0 spiro atoms. The molecule has 0 aliphatic heterocycles. The quantitative estimate of drug-likeness (QED) is 0.282. The molecule has 6 aromatic rings. The number of hydrogen-bond acceptors (Lipinski definition) is 1. The maximum atomic E-state index is 6.53. The van der Waals surface area contributed by atoms with E-state index in [0.29, 0.717) is 0 Å². The molecule has 0 N–H and O–H groups in total. The third-order valence-corrected chi connectivity index (χ3v) is 6.44. The summed E-state index contributed by atoms with van der Waals surface area (Å²) in [6.45, 7) is 2.17. The summed E-state index contributed by atoms with van der Waals surface area (Å²) in [5.74, 6) is 0. The minimum atomic E-state index is 0.912. The van der Waals surface area contributed by atoms with Crippen LogP contribution < -0.4 is 4.57 Å². The van der Waals surface area contributed by atoms with Gasteiger partial charge in [0.25, 0.3) is 0 Å². The molecule has 0 aliphatic carbocycles.